The summed E-state index contributed by atoms with van der Waals surface area (Å²) in [5.41, 5.74) is 2.02. The van der Waals surface area contributed by atoms with E-state index in [4.69, 9.17) is 5.11 Å². The maximum Gasteiger partial charge on any atom is 0.303 e. The van der Waals surface area contributed by atoms with Gasteiger partial charge in [-0.2, -0.15) is 0 Å². The molecular formula is C15H20O3. The molecule has 1 aromatic carbocycles. The Morgan fingerprint density at radius 1 is 1.22 bits per heavy atom. The summed E-state index contributed by atoms with van der Waals surface area (Å²) < 4.78 is 0. The number of hydrogen-bond donors (Lipinski definition) is 2. The lowest BCUT2D eigenvalue weighted by Gasteiger charge is -2.23. The number of hydrogen-bond acceptors (Lipinski definition) is 2. The molecule has 0 aromatic heterocycles. The van der Waals surface area contributed by atoms with Crippen molar-refractivity contribution in [2.24, 2.45) is 0 Å². The second-order valence-corrected chi connectivity index (χ2v) is 5.12. The second-order valence-electron chi connectivity index (χ2n) is 5.12. The third-order valence-corrected chi connectivity index (χ3v) is 3.76. The van der Waals surface area contributed by atoms with E-state index in [-0.39, 0.29) is 6.42 Å². The van der Waals surface area contributed by atoms with Gasteiger partial charge in [-0.1, -0.05) is 31.4 Å². The summed E-state index contributed by atoms with van der Waals surface area (Å²) in [6.45, 7) is 0. The van der Waals surface area contributed by atoms with Gasteiger partial charge in [0, 0.05) is 6.42 Å². The molecule has 3 heteroatoms. The Morgan fingerprint density at radius 2 is 1.94 bits per heavy atom. The normalized spacial score (nSPS) is 16.7. The molecule has 0 unspecified atom stereocenters. The molecule has 0 radical (unpaired) electrons. The molecule has 1 saturated carbocycles. The highest BCUT2D eigenvalue weighted by atomic mass is 16.4. The Balaban J connectivity index is 2.12. The second kappa shape index (κ2) is 5.89. The van der Waals surface area contributed by atoms with Crippen molar-refractivity contribution >= 4 is 5.97 Å². The van der Waals surface area contributed by atoms with Crippen molar-refractivity contribution in [2.45, 2.75) is 50.9 Å². The van der Waals surface area contributed by atoms with Gasteiger partial charge in [0.15, 0.2) is 0 Å². The van der Waals surface area contributed by atoms with Crippen LogP contribution in [-0.2, 0) is 11.2 Å². The van der Waals surface area contributed by atoms with Gasteiger partial charge >= 0.3 is 5.97 Å². The number of aromatic hydroxyl groups is 1. The number of phenols is 1. The average Bonchev–Trinajstić information content (AvgIpc) is 2.38. The Bertz CT molecular complexity index is 420. The third kappa shape index (κ3) is 3.25. The Hall–Kier alpha value is -1.51. The molecule has 0 bridgehead atoms. The van der Waals surface area contributed by atoms with Gasteiger partial charge in [-0.15, -0.1) is 0 Å². The first kappa shape index (κ1) is 12.9. The first-order valence-corrected chi connectivity index (χ1v) is 6.70. The van der Waals surface area contributed by atoms with Crippen molar-refractivity contribution in [1.82, 2.24) is 0 Å². The molecule has 1 aromatic rings. The summed E-state index contributed by atoms with van der Waals surface area (Å²) >= 11 is 0. The van der Waals surface area contributed by atoms with Crippen LogP contribution in [0.1, 0.15) is 55.6 Å². The maximum absolute atomic E-state index is 10.6. The first-order chi connectivity index (χ1) is 8.66. The molecule has 0 saturated heterocycles. The van der Waals surface area contributed by atoms with E-state index in [2.05, 4.69) is 0 Å². The summed E-state index contributed by atoms with van der Waals surface area (Å²) in [5.74, 6) is 0.0341. The Morgan fingerprint density at radius 3 is 2.61 bits per heavy atom. The lowest BCUT2D eigenvalue weighted by atomic mass is 9.83. The van der Waals surface area contributed by atoms with Crippen molar-refractivity contribution in [2.75, 3.05) is 0 Å². The topological polar surface area (TPSA) is 57.5 Å². The van der Waals surface area contributed by atoms with Crippen LogP contribution < -0.4 is 0 Å². The van der Waals surface area contributed by atoms with Crippen molar-refractivity contribution in [3.8, 4) is 5.75 Å². The van der Waals surface area contributed by atoms with Crippen molar-refractivity contribution < 1.29 is 15.0 Å². The predicted molar refractivity (Wildman–Crippen MR) is 69.9 cm³/mol. The van der Waals surface area contributed by atoms with E-state index in [1.807, 2.05) is 12.1 Å². The van der Waals surface area contributed by atoms with E-state index in [0.717, 1.165) is 24.0 Å². The van der Waals surface area contributed by atoms with E-state index in [1.165, 1.54) is 19.3 Å². The average molecular weight is 248 g/mol. The van der Waals surface area contributed by atoms with Crippen LogP contribution in [-0.4, -0.2) is 16.2 Å². The predicted octanol–water partition coefficient (Wildman–Crippen LogP) is 3.46. The summed E-state index contributed by atoms with van der Waals surface area (Å²) in [4.78, 5) is 10.6. The Kier molecular flexibility index (Phi) is 4.24. The van der Waals surface area contributed by atoms with Crippen LogP contribution in [0.15, 0.2) is 18.2 Å². The van der Waals surface area contributed by atoms with E-state index >= 15 is 0 Å². The zero-order valence-electron chi connectivity index (χ0n) is 10.6. The summed E-state index contributed by atoms with van der Waals surface area (Å²) in [7, 11) is 0. The van der Waals surface area contributed by atoms with Crippen molar-refractivity contribution in [3.05, 3.63) is 29.3 Å². The molecule has 1 fully saturated rings. The minimum absolute atomic E-state index is 0.148. The van der Waals surface area contributed by atoms with Crippen LogP contribution in [0.25, 0.3) is 0 Å². The number of aryl methyl sites for hydroxylation is 1. The lowest BCUT2D eigenvalue weighted by Crippen LogP contribution is -2.06. The number of benzene rings is 1. The van der Waals surface area contributed by atoms with Gasteiger partial charge < -0.3 is 10.2 Å². The number of aliphatic carboxylic acids is 1. The number of phenolic OH excluding ortho intramolecular Hbond substituents is 1. The fourth-order valence-electron chi connectivity index (χ4n) is 2.75. The molecule has 98 valence electrons. The molecule has 0 aliphatic heterocycles. The smallest absolute Gasteiger partial charge is 0.303 e. The molecule has 0 heterocycles. The largest absolute Gasteiger partial charge is 0.508 e. The summed E-state index contributed by atoms with van der Waals surface area (Å²) in [5, 5.41) is 18.6. The number of rotatable bonds is 4. The number of carboxylic acid groups (broad SMARTS) is 1. The van der Waals surface area contributed by atoms with Gasteiger partial charge in [0.1, 0.15) is 5.75 Å². The van der Waals surface area contributed by atoms with Gasteiger partial charge in [0.2, 0.25) is 0 Å². The monoisotopic (exact) mass is 248 g/mol. The van der Waals surface area contributed by atoms with Gasteiger partial charge in [-0.25, -0.2) is 0 Å². The van der Waals surface area contributed by atoms with E-state index in [1.54, 1.807) is 6.07 Å². The zero-order chi connectivity index (χ0) is 13.0. The van der Waals surface area contributed by atoms with Crippen LogP contribution in [0.3, 0.4) is 0 Å². The molecule has 18 heavy (non-hydrogen) atoms. The minimum Gasteiger partial charge on any atom is -0.508 e. The quantitative estimate of drug-likeness (QED) is 0.858. The fraction of sp³-hybridized carbons (Fsp3) is 0.533. The summed E-state index contributed by atoms with van der Waals surface area (Å²) in [6.07, 6.45) is 6.69. The standard InChI is InChI=1S/C15H20O3/c16-14-8-6-11(7-9-15(17)18)10-13(14)12-4-2-1-3-5-12/h6,8,10,12,16H,1-5,7,9H2,(H,17,18). The highest BCUT2D eigenvalue weighted by molar-refractivity contribution is 5.67. The highest BCUT2D eigenvalue weighted by Crippen LogP contribution is 2.37. The molecule has 2 rings (SSSR count). The first-order valence-electron chi connectivity index (χ1n) is 6.70. The van der Waals surface area contributed by atoms with Crippen LogP contribution in [0, 0.1) is 0 Å². The molecule has 1 aliphatic rings. The van der Waals surface area contributed by atoms with Gasteiger partial charge in [0.05, 0.1) is 0 Å². The van der Waals surface area contributed by atoms with Crippen molar-refractivity contribution in [3.63, 3.8) is 0 Å². The van der Waals surface area contributed by atoms with Crippen molar-refractivity contribution in [1.29, 1.82) is 0 Å². The molecule has 3 nitrogen and oxygen atoms in total. The third-order valence-electron chi connectivity index (χ3n) is 3.76. The maximum atomic E-state index is 10.6. The minimum atomic E-state index is -0.776. The molecule has 2 N–H and O–H groups in total. The van der Waals surface area contributed by atoms with Gasteiger partial charge in [0.25, 0.3) is 0 Å². The van der Waals surface area contributed by atoms with Crippen LogP contribution >= 0.6 is 0 Å². The molecule has 0 amide bonds. The molecule has 0 atom stereocenters. The fourth-order valence-corrected chi connectivity index (χ4v) is 2.75. The Labute approximate surface area is 107 Å². The van der Waals surface area contributed by atoms with Crippen LogP contribution in [0.4, 0.5) is 0 Å². The lowest BCUT2D eigenvalue weighted by molar-refractivity contribution is -0.136. The molecule has 1 aliphatic carbocycles. The number of carbonyl (C=O) groups is 1. The van der Waals surface area contributed by atoms with E-state index < -0.39 is 5.97 Å². The summed E-state index contributed by atoms with van der Waals surface area (Å²) in [6, 6.07) is 5.53. The van der Waals surface area contributed by atoms with Gasteiger partial charge in [-0.05, 0) is 42.4 Å². The molecular weight excluding hydrogens is 228 g/mol. The molecule has 0 spiro atoms. The van der Waals surface area contributed by atoms with Gasteiger partial charge in [-0.3, -0.25) is 4.79 Å². The zero-order valence-corrected chi connectivity index (χ0v) is 10.6. The highest BCUT2D eigenvalue weighted by Gasteiger charge is 2.18. The van der Waals surface area contributed by atoms with Crippen LogP contribution in [0.5, 0.6) is 5.75 Å². The number of carboxylic acids is 1. The SMILES string of the molecule is O=C(O)CCc1ccc(O)c(C2CCCCC2)c1. The van der Waals surface area contributed by atoms with E-state index in [9.17, 15) is 9.90 Å². The van der Waals surface area contributed by atoms with Crippen LogP contribution in [0.2, 0.25) is 0 Å². The van der Waals surface area contributed by atoms with E-state index in [0.29, 0.717) is 18.1 Å².